The van der Waals surface area contributed by atoms with Crippen LogP contribution in [0.3, 0.4) is 0 Å². The smallest absolute Gasteiger partial charge is 0.270 e. The molecule has 0 unspecified atom stereocenters. The van der Waals surface area contributed by atoms with E-state index in [-0.39, 0.29) is 11.8 Å². The van der Waals surface area contributed by atoms with Crippen LogP contribution in [0.4, 0.5) is 0 Å². The number of nitrogens with zero attached hydrogens (tertiary/aromatic N) is 2. The molecule has 0 saturated carbocycles. The highest BCUT2D eigenvalue weighted by Crippen LogP contribution is 2.20. The van der Waals surface area contributed by atoms with Gasteiger partial charge in [0.25, 0.3) is 11.8 Å². The van der Waals surface area contributed by atoms with E-state index in [1.807, 2.05) is 22.9 Å². The van der Waals surface area contributed by atoms with Gasteiger partial charge in [-0.25, -0.2) is 0 Å². The quantitative estimate of drug-likeness (QED) is 0.798. The first-order chi connectivity index (χ1) is 9.68. The number of rotatable bonds is 2. The lowest BCUT2D eigenvalue weighted by Gasteiger charge is -2.18. The van der Waals surface area contributed by atoms with Crippen LogP contribution in [0.5, 0.6) is 0 Å². The molecular formula is C13H10N2O2S3. The molecule has 3 heterocycles. The number of thiophene rings is 2. The topological polar surface area (TPSA) is 40.6 Å². The maximum absolute atomic E-state index is 12.3. The second-order valence-electron chi connectivity index (χ2n) is 4.15. The molecule has 0 N–H and O–H groups in total. The van der Waals surface area contributed by atoms with Crippen molar-refractivity contribution in [2.45, 2.75) is 0 Å². The largest absolute Gasteiger partial charge is 0.282 e. The summed E-state index contributed by atoms with van der Waals surface area (Å²) >= 11 is 8.03. The lowest BCUT2D eigenvalue weighted by atomic mass is 10.4. The molecule has 0 radical (unpaired) electrons. The Morgan fingerprint density at radius 3 is 1.75 bits per heavy atom. The van der Waals surface area contributed by atoms with E-state index in [9.17, 15) is 9.59 Å². The summed E-state index contributed by atoms with van der Waals surface area (Å²) in [5.74, 6) is -0.266. The van der Waals surface area contributed by atoms with Crippen LogP contribution < -0.4 is 0 Å². The monoisotopic (exact) mass is 322 g/mol. The number of hydrogen-bond donors (Lipinski definition) is 0. The summed E-state index contributed by atoms with van der Waals surface area (Å²) in [4.78, 5) is 28.8. The molecule has 1 fully saturated rings. The van der Waals surface area contributed by atoms with Gasteiger partial charge in [-0.05, 0) is 35.1 Å². The lowest BCUT2D eigenvalue weighted by Crippen LogP contribution is -2.38. The Bertz CT molecular complexity index is 593. The normalized spacial score (nSPS) is 14.9. The highest BCUT2D eigenvalue weighted by atomic mass is 32.1. The van der Waals surface area contributed by atoms with Crippen molar-refractivity contribution in [3.8, 4) is 0 Å². The van der Waals surface area contributed by atoms with Crippen molar-refractivity contribution in [3.05, 3.63) is 44.8 Å². The molecule has 0 aromatic carbocycles. The zero-order chi connectivity index (χ0) is 14.1. The van der Waals surface area contributed by atoms with Gasteiger partial charge in [-0.2, -0.15) is 0 Å². The molecule has 1 saturated heterocycles. The minimum Gasteiger partial charge on any atom is -0.282 e. The Morgan fingerprint density at radius 1 is 0.950 bits per heavy atom. The zero-order valence-corrected chi connectivity index (χ0v) is 12.8. The van der Waals surface area contributed by atoms with Crippen LogP contribution in [-0.4, -0.2) is 39.8 Å². The number of carbonyl (C=O) groups is 2. The molecule has 0 spiro atoms. The first-order valence-electron chi connectivity index (χ1n) is 5.93. The van der Waals surface area contributed by atoms with Gasteiger partial charge < -0.3 is 0 Å². The van der Waals surface area contributed by atoms with E-state index in [1.54, 1.807) is 12.1 Å². The van der Waals surface area contributed by atoms with E-state index in [0.29, 0.717) is 28.0 Å². The molecule has 4 nitrogen and oxygen atoms in total. The van der Waals surface area contributed by atoms with Crippen LogP contribution >= 0.6 is 34.9 Å². The molecule has 7 heteroatoms. The van der Waals surface area contributed by atoms with Crippen LogP contribution in [-0.2, 0) is 0 Å². The maximum Gasteiger partial charge on any atom is 0.270 e. The van der Waals surface area contributed by atoms with Gasteiger partial charge in [-0.3, -0.25) is 19.4 Å². The summed E-state index contributed by atoms with van der Waals surface area (Å²) in [6.45, 7) is 0.902. The molecule has 3 rings (SSSR count). The standard InChI is InChI=1S/C13H10N2O2S3/c16-11(9-3-1-7-19-9)14-5-6-15(13(14)18)12(17)10-4-2-8-20-10/h1-4,7-8H,5-6H2. The van der Waals surface area contributed by atoms with Gasteiger partial charge in [-0.15, -0.1) is 22.7 Å². The molecule has 102 valence electrons. The molecular weight excluding hydrogens is 312 g/mol. The Hall–Kier alpha value is -1.57. The van der Waals surface area contributed by atoms with Crippen LogP contribution in [0.2, 0.25) is 0 Å². The lowest BCUT2D eigenvalue weighted by molar-refractivity contribution is 0.0862. The molecule has 2 amide bonds. The van der Waals surface area contributed by atoms with E-state index in [4.69, 9.17) is 12.2 Å². The van der Waals surface area contributed by atoms with Gasteiger partial charge in [-0.1, -0.05) is 12.1 Å². The fourth-order valence-corrected chi connectivity index (χ4v) is 3.67. The predicted molar refractivity (Wildman–Crippen MR) is 83.3 cm³/mol. The molecule has 20 heavy (non-hydrogen) atoms. The predicted octanol–water partition coefficient (Wildman–Crippen LogP) is 2.69. The van der Waals surface area contributed by atoms with Crippen molar-refractivity contribution in [2.75, 3.05) is 13.1 Å². The summed E-state index contributed by atoms with van der Waals surface area (Å²) in [6.07, 6.45) is 0. The molecule has 2 aromatic heterocycles. The van der Waals surface area contributed by atoms with E-state index in [0.717, 1.165) is 0 Å². The summed E-state index contributed by atoms with van der Waals surface area (Å²) < 4.78 is 0. The Labute approximate surface area is 129 Å². The zero-order valence-electron chi connectivity index (χ0n) is 10.3. The van der Waals surface area contributed by atoms with Crippen molar-refractivity contribution in [1.82, 2.24) is 9.80 Å². The third-order valence-electron chi connectivity index (χ3n) is 2.96. The average Bonchev–Trinajstić information content (AvgIpc) is 3.19. The Kier molecular flexibility index (Phi) is 3.64. The summed E-state index contributed by atoms with van der Waals surface area (Å²) in [6, 6.07) is 7.18. The molecule has 0 atom stereocenters. The minimum absolute atomic E-state index is 0.133. The van der Waals surface area contributed by atoms with Crippen LogP contribution in [0, 0.1) is 0 Å². The Morgan fingerprint density at radius 2 is 1.40 bits per heavy atom. The van der Waals surface area contributed by atoms with E-state index in [1.165, 1.54) is 32.5 Å². The highest BCUT2D eigenvalue weighted by Gasteiger charge is 2.34. The van der Waals surface area contributed by atoms with E-state index in [2.05, 4.69) is 0 Å². The first kappa shape index (κ1) is 13.4. The van der Waals surface area contributed by atoms with Gasteiger partial charge in [0.15, 0.2) is 5.11 Å². The summed E-state index contributed by atoms with van der Waals surface area (Å²) in [7, 11) is 0. The summed E-state index contributed by atoms with van der Waals surface area (Å²) in [5, 5.41) is 3.99. The Balaban J connectivity index is 1.78. The molecule has 1 aliphatic rings. The van der Waals surface area contributed by atoms with Crippen molar-refractivity contribution in [2.24, 2.45) is 0 Å². The van der Waals surface area contributed by atoms with E-state index >= 15 is 0 Å². The molecule has 1 aliphatic heterocycles. The van der Waals surface area contributed by atoms with Crippen LogP contribution in [0.1, 0.15) is 19.3 Å². The van der Waals surface area contributed by atoms with E-state index < -0.39 is 0 Å². The van der Waals surface area contributed by atoms with Crippen molar-refractivity contribution >= 4 is 51.8 Å². The maximum atomic E-state index is 12.3. The third kappa shape index (κ3) is 2.28. The van der Waals surface area contributed by atoms with Gasteiger partial charge in [0.05, 0.1) is 9.75 Å². The van der Waals surface area contributed by atoms with Crippen molar-refractivity contribution in [3.63, 3.8) is 0 Å². The highest BCUT2D eigenvalue weighted by molar-refractivity contribution is 7.80. The fourth-order valence-electron chi connectivity index (χ4n) is 1.98. The number of carbonyl (C=O) groups excluding carboxylic acids is 2. The van der Waals surface area contributed by atoms with Crippen LogP contribution in [0.15, 0.2) is 35.0 Å². The molecule has 2 aromatic rings. The SMILES string of the molecule is O=C(c1cccs1)N1CCN(C(=O)c2cccs2)C1=S. The number of amides is 2. The van der Waals surface area contributed by atoms with Gasteiger partial charge >= 0.3 is 0 Å². The minimum atomic E-state index is -0.133. The van der Waals surface area contributed by atoms with Gasteiger partial charge in [0.2, 0.25) is 0 Å². The van der Waals surface area contributed by atoms with Crippen molar-refractivity contribution in [1.29, 1.82) is 0 Å². The van der Waals surface area contributed by atoms with Gasteiger partial charge in [0, 0.05) is 13.1 Å². The second kappa shape index (κ2) is 5.43. The third-order valence-corrected chi connectivity index (χ3v) is 5.12. The summed E-state index contributed by atoms with van der Waals surface area (Å²) in [5.41, 5.74) is 0. The number of hydrogen-bond acceptors (Lipinski definition) is 5. The first-order valence-corrected chi connectivity index (χ1v) is 8.10. The van der Waals surface area contributed by atoms with Crippen molar-refractivity contribution < 1.29 is 9.59 Å². The van der Waals surface area contributed by atoms with Gasteiger partial charge in [0.1, 0.15) is 0 Å². The average molecular weight is 322 g/mol. The number of thiocarbonyl (C=S) groups is 1. The second-order valence-corrected chi connectivity index (χ2v) is 6.41. The molecule has 0 aliphatic carbocycles. The molecule has 0 bridgehead atoms. The fraction of sp³-hybridized carbons (Fsp3) is 0.154. The van der Waals surface area contributed by atoms with Crippen LogP contribution in [0.25, 0.3) is 0 Å².